The molecule has 1 heterocycles. The van der Waals surface area contributed by atoms with Crippen molar-refractivity contribution in [3.05, 3.63) is 35.9 Å². The van der Waals surface area contributed by atoms with Gasteiger partial charge >= 0.3 is 0 Å². The minimum absolute atomic E-state index is 0.362. The lowest BCUT2D eigenvalue weighted by atomic mass is 10.1. The predicted molar refractivity (Wildman–Crippen MR) is 73.7 cm³/mol. The Hall–Kier alpha value is -1.19. The van der Waals surface area contributed by atoms with Crippen LogP contribution < -0.4 is 5.32 Å². The van der Waals surface area contributed by atoms with Crippen LogP contribution in [0.1, 0.15) is 18.4 Å². The number of carbonyl (C=O) groups is 1. The van der Waals surface area contributed by atoms with Gasteiger partial charge in [-0.3, -0.25) is 9.69 Å². The van der Waals surface area contributed by atoms with E-state index >= 15 is 0 Å². The smallest absolute Gasteiger partial charge is 0.147 e. The van der Waals surface area contributed by atoms with E-state index in [-0.39, 0.29) is 0 Å². The maximum Gasteiger partial charge on any atom is 0.147 e. The lowest BCUT2D eigenvalue weighted by Crippen LogP contribution is -2.33. The number of ketones is 1. The van der Waals surface area contributed by atoms with Crippen LogP contribution >= 0.6 is 0 Å². The summed E-state index contributed by atoms with van der Waals surface area (Å²) in [7, 11) is 0. The van der Waals surface area contributed by atoms with Crippen LogP contribution in [0.15, 0.2) is 30.3 Å². The van der Waals surface area contributed by atoms with Gasteiger partial charge in [0.1, 0.15) is 5.78 Å². The number of hydrogen-bond acceptors (Lipinski definition) is 3. The second-order valence-electron chi connectivity index (χ2n) is 4.90. The van der Waals surface area contributed by atoms with Gasteiger partial charge in [0.15, 0.2) is 0 Å². The number of carbonyl (C=O) groups excluding carboxylic acids is 1. The number of Topliss-reactive ketones (excluding diaryl/α,β-unsaturated/α-hetero) is 1. The lowest BCUT2D eigenvalue weighted by molar-refractivity contribution is -0.120. The van der Waals surface area contributed by atoms with Crippen molar-refractivity contribution in [2.24, 2.45) is 0 Å². The fourth-order valence-corrected chi connectivity index (χ4v) is 2.32. The number of benzene rings is 1. The maximum absolute atomic E-state index is 11.9. The third-order valence-electron chi connectivity index (χ3n) is 3.37. The van der Waals surface area contributed by atoms with Crippen LogP contribution in [0.4, 0.5) is 0 Å². The molecule has 1 saturated heterocycles. The molecule has 2 rings (SSSR count). The van der Waals surface area contributed by atoms with Crippen LogP contribution in [-0.2, 0) is 11.2 Å². The van der Waals surface area contributed by atoms with Gasteiger partial charge in [0, 0.05) is 19.5 Å². The topological polar surface area (TPSA) is 32.3 Å². The summed E-state index contributed by atoms with van der Waals surface area (Å²) in [4.78, 5) is 14.2. The quantitative estimate of drug-likeness (QED) is 0.854. The van der Waals surface area contributed by atoms with Gasteiger partial charge in [-0.15, -0.1) is 0 Å². The third-order valence-corrected chi connectivity index (χ3v) is 3.37. The molecule has 1 aromatic rings. The predicted octanol–water partition coefficient (Wildman–Crippen LogP) is 1.48. The Balaban J connectivity index is 1.71. The summed E-state index contributed by atoms with van der Waals surface area (Å²) < 4.78 is 0. The summed E-state index contributed by atoms with van der Waals surface area (Å²) in [5, 5.41) is 3.36. The van der Waals surface area contributed by atoms with E-state index < -0.39 is 0 Å². The van der Waals surface area contributed by atoms with Gasteiger partial charge in [0.2, 0.25) is 0 Å². The van der Waals surface area contributed by atoms with Crippen LogP contribution in [0.25, 0.3) is 0 Å². The molecule has 0 radical (unpaired) electrons. The SMILES string of the molecule is O=C(CCc1ccccc1)CN1CCCNCC1. The Labute approximate surface area is 109 Å². The standard InChI is InChI=1S/C15H22N2O/c18-15(8-7-14-5-2-1-3-6-14)13-17-11-4-9-16-10-12-17/h1-3,5-6,16H,4,7-13H2. The summed E-state index contributed by atoms with van der Waals surface area (Å²) in [6, 6.07) is 10.2. The van der Waals surface area contributed by atoms with E-state index in [1.807, 2.05) is 18.2 Å². The average molecular weight is 246 g/mol. The summed E-state index contributed by atoms with van der Waals surface area (Å²) >= 11 is 0. The average Bonchev–Trinajstić information content (AvgIpc) is 2.66. The highest BCUT2D eigenvalue weighted by Crippen LogP contribution is 2.04. The molecule has 0 atom stereocenters. The van der Waals surface area contributed by atoms with Gasteiger partial charge < -0.3 is 5.32 Å². The van der Waals surface area contributed by atoms with E-state index in [2.05, 4.69) is 22.3 Å². The minimum atomic E-state index is 0.362. The van der Waals surface area contributed by atoms with Crippen LogP contribution in [-0.4, -0.2) is 43.4 Å². The van der Waals surface area contributed by atoms with Gasteiger partial charge in [0.05, 0.1) is 6.54 Å². The number of rotatable bonds is 5. The van der Waals surface area contributed by atoms with Crippen LogP contribution in [0.3, 0.4) is 0 Å². The summed E-state index contributed by atoms with van der Waals surface area (Å²) in [6.07, 6.45) is 2.67. The molecule has 1 fully saturated rings. The molecule has 18 heavy (non-hydrogen) atoms. The Morgan fingerprint density at radius 3 is 2.83 bits per heavy atom. The van der Waals surface area contributed by atoms with E-state index in [1.165, 1.54) is 5.56 Å². The summed E-state index contributed by atoms with van der Waals surface area (Å²) in [5.74, 6) is 0.362. The van der Waals surface area contributed by atoms with Crippen molar-refractivity contribution < 1.29 is 4.79 Å². The molecule has 0 saturated carbocycles. The second kappa shape index (κ2) is 7.29. The highest BCUT2D eigenvalue weighted by atomic mass is 16.1. The molecule has 0 amide bonds. The highest BCUT2D eigenvalue weighted by Gasteiger charge is 2.12. The highest BCUT2D eigenvalue weighted by molar-refractivity contribution is 5.80. The molecule has 0 aliphatic carbocycles. The molecular formula is C15H22N2O. The number of nitrogens with zero attached hydrogens (tertiary/aromatic N) is 1. The molecule has 1 aliphatic heterocycles. The largest absolute Gasteiger partial charge is 0.315 e. The van der Waals surface area contributed by atoms with Crippen molar-refractivity contribution in [1.82, 2.24) is 10.2 Å². The van der Waals surface area contributed by atoms with Crippen molar-refractivity contribution in [1.29, 1.82) is 0 Å². The third kappa shape index (κ3) is 4.59. The van der Waals surface area contributed by atoms with Crippen molar-refractivity contribution >= 4 is 5.78 Å². The normalized spacial score (nSPS) is 17.3. The zero-order chi connectivity index (χ0) is 12.6. The molecule has 1 aromatic carbocycles. The van der Waals surface area contributed by atoms with Crippen LogP contribution in [0.5, 0.6) is 0 Å². The van der Waals surface area contributed by atoms with Crippen molar-refractivity contribution in [2.45, 2.75) is 19.3 Å². The van der Waals surface area contributed by atoms with Gasteiger partial charge in [-0.2, -0.15) is 0 Å². The molecule has 98 valence electrons. The Bertz CT molecular complexity index is 356. The summed E-state index contributed by atoms with van der Waals surface area (Å²) in [5.41, 5.74) is 1.25. The fourth-order valence-electron chi connectivity index (χ4n) is 2.32. The fraction of sp³-hybridized carbons (Fsp3) is 0.533. The molecule has 0 aromatic heterocycles. The number of nitrogens with one attached hydrogen (secondary N) is 1. The molecule has 0 bridgehead atoms. The Kier molecular flexibility index (Phi) is 5.36. The molecule has 0 spiro atoms. The van der Waals surface area contributed by atoms with E-state index in [1.54, 1.807) is 0 Å². The molecule has 1 N–H and O–H groups in total. The summed E-state index contributed by atoms with van der Waals surface area (Å²) in [6.45, 7) is 4.75. The van der Waals surface area contributed by atoms with Gasteiger partial charge in [0.25, 0.3) is 0 Å². The zero-order valence-corrected chi connectivity index (χ0v) is 10.9. The number of hydrogen-bond donors (Lipinski definition) is 1. The lowest BCUT2D eigenvalue weighted by Gasteiger charge is -2.18. The first kappa shape index (κ1) is 13.2. The monoisotopic (exact) mass is 246 g/mol. The van der Waals surface area contributed by atoms with Crippen molar-refractivity contribution in [3.8, 4) is 0 Å². The Morgan fingerprint density at radius 1 is 1.17 bits per heavy atom. The zero-order valence-electron chi connectivity index (χ0n) is 10.9. The first-order chi connectivity index (χ1) is 8.84. The van der Waals surface area contributed by atoms with E-state index in [4.69, 9.17) is 0 Å². The van der Waals surface area contributed by atoms with E-state index in [9.17, 15) is 4.79 Å². The molecular weight excluding hydrogens is 224 g/mol. The van der Waals surface area contributed by atoms with Gasteiger partial charge in [-0.05, 0) is 31.5 Å². The van der Waals surface area contributed by atoms with Gasteiger partial charge in [-0.25, -0.2) is 0 Å². The second-order valence-corrected chi connectivity index (χ2v) is 4.90. The van der Waals surface area contributed by atoms with Gasteiger partial charge in [-0.1, -0.05) is 30.3 Å². The molecule has 3 nitrogen and oxygen atoms in total. The van der Waals surface area contributed by atoms with Crippen molar-refractivity contribution in [3.63, 3.8) is 0 Å². The Morgan fingerprint density at radius 2 is 2.00 bits per heavy atom. The first-order valence-electron chi connectivity index (χ1n) is 6.83. The van der Waals surface area contributed by atoms with Crippen molar-refractivity contribution in [2.75, 3.05) is 32.7 Å². The van der Waals surface area contributed by atoms with E-state index in [0.29, 0.717) is 18.7 Å². The van der Waals surface area contributed by atoms with Crippen LogP contribution in [0, 0.1) is 0 Å². The van der Waals surface area contributed by atoms with Crippen LogP contribution in [0.2, 0.25) is 0 Å². The molecule has 0 unspecified atom stereocenters. The number of aryl methyl sites for hydroxylation is 1. The molecule has 3 heteroatoms. The maximum atomic E-state index is 11.9. The van der Waals surface area contributed by atoms with E-state index in [0.717, 1.165) is 39.0 Å². The minimum Gasteiger partial charge on any atom is -0.315 e. The first-order valence-corrected chi connectivity index (χ1v) is 6.83. The molecule has 1 aliphatic rings.